The summed E-state index contributed by atoms with van der Waals surface area (Å²) in [7, 11) is 0. The van der Waals surface area contributed by atoms with Gasteiger partial charge in [0, 0.05) is 21.1 Å². The number of hydrogen-bond donors (Lipinski definition) is 2. The molecule has 0 radical (unpaired) electrons. The summed E-state index contributed by atoms with van der Waals surface area (Å²) in [5.74, 6) is 0.0397. The quantitative estimate of drug-likeness (QED) is 0.681. The van der Waals surface area contributed by atoms with Crippen molar-refractivity contribution in [2.24, 2.45) is 0 Å². The largest absolute Gasteiger partial charge is 0.490 e. The van der Waals surface area contributed by atoms with Gasteiger partial charge in [-0.05, 0) is 37.3 Å². The minimum atomic E-state index is -0.490. The van der Waals surface area contributed by atoms with Crippen LogP contribution in [-0.4, -0.2) is 12.5 Å². The lowest BCUT2D eigenvalue weighted by molar-refractivity contribution is 0.102. The minimum Gasteiger partial charge on any atom is -0.490 e. The molecule has 1 aromatic heterocycles. The Hall–Kier alpha value is -2.50. The Balaban J connectivity index is 1.99. The van der Waals surface area contributed by atoms with Gasteiger partial charge in [-0.1, -0.05) is 35.3 Å². The first-order valence-electron chi connectivity index (χ1n) is 7.49. The van der Waals surface area contributed by atoms with E-state index in [9.17, 15) is 4.79 Å². The second kappa shape index (κ2) is 7.17. The van der Waals surface area contributed by atoms with Crippen LogP contribution in [0, 0.1) is 5.41 Å². The molecule has 0 aliphatic heterocycles. The number of anilines is 1. The number of amides is 1. The fraction of sp³-hybridized carbons (Fsp3) is 0.111. The fourth-order valence-electron chi connectivity index (χ4n) is 2.40. The Morgan fingerprint density at radius 1 is 1.20 bits per heavy atom. The molecule has 0 aliphatic rings. The molecule has 7 heteroatoms. The Bertz CT molecular complexity index is 995. The van der Waals surface area contributed by atoms with Crippen LogP contribution in [0.4, 0.5) is 5.69 Å². The average molecular weight is 377 g/mol. The van der Waals surface area contributed by atoms with E-state index in [2.05, 4.69) is 5.32 Å². The zero-order valence-corrected chi connectivity index (χ0v) is 14.7. The van der Waals surface area contributed by atoms with Crippen LogP contribution in [0.5, 0.6) is 5.75 Å². The van der Waals surface area contributed by atoms with Crippen molar-refractivity contribution < 1.29 is 13.9 Å². The zero-order valence-electron chi connectivity index (χ0n) is 13.2. The lowest BCUT2D eigenvalue weighted by Gasteiger charge is -2.09. The predicted octanol–water partition coefficient (Wildman–Crippen LogP) is 4.87. The van der Waals surface area contributed by atoms with Gasteiger partial charge in [0.05, 0.1) is 6.61 Å². The summed E-state index contributed by atoms with van der Waals surface area (Å²) < 4.78 is 11.0. The highest BCUT2D eigenvalue weighted by Crippen LogP contribution is 2.26. The van der Waals surface area contributed by atoms with E-state index in [-0.39, 0.29) is 11.1 Å². The van der Waals surface area contributed by atoms with Crippen LogP contribution < -0.4 is 15.6 Å². The van der Waals surface area contributed by atoms with Crippen LogP contribution >= 0.6 is 23.2 Å². The molecule has 1 heterocycles. The summed E-state index contributed by atoms with van der Waals surface area (Å²) >= 11 is 11.9. The molecule has 3 rings (SSSR count). The number of fused-ring (bicyclic) bond motifs is 1. The highest BCUT2D eigenvalue weighted by Gasteiger charge is 2.14. The van der Waals surface area contributed by atoms with E-state index < -0.39 is 5.91 Å². The van der Waals surface area contributed by atoms with E-state index in [1.54, 1.807) is 42.5 Å². The summed E-state index contributed by atoms with van der Waals surface area (Å²) in [6, 6.07) is 11.6. The highest BCUT2D eigenvalue weighted by atomic mass is 35.5. The van der Waals surface area contributed by atoms with E-state index in [1.165, 1.54) is 0 Å². The number of hydrogen-bond acceptors (Lipinski definition) is 4. The molecule has 25 heavy (non-hydrogen) atoms. The molecule has 128 valence electrons. The van der Waals surface area contributed by atoms with Gasteiger partial charge >= 0.3 is 0 Å². The summed E-state index contributed by atoms with van der Waals surface area (Å²) in [5, 5.41) is 12.2. The Morgan fingerprint density at radius 2 is 1.92 bits per heavy atom. The van der Waals surface area contributed by atoms with Crippen LogP contribution in [0.1, 0.15) is 17.3 Å². The van der Waals surface area contributed by atoms with Gasteiger partial charge in [0.1, 0.15) is 5.56 Å². The van der Waals surface area contributed by atoms with E-state index in [4.69, 9.17) is 37.8 Å². The second-order valence-electron chi connectivity index (χ2n) is 5.21. The molecule has 0 aliphatic carbocycles. The van der Waals surface area contributed by atoms with Crippen molar-refractivity contribution in [3.8, 4) is 5.75 Å². The molecule has 0 bridgehead atoms. The van der Waals surface area contributed by atoms with Crippen molar-refractivity contribution in [1.29, 1.82) is 5.41 Å². The maximum absolute atomic E-state index is 12.5. The molecular formula is C18H14Cl2N2O3. The number of carbonyl (C=O) groups excluding carboxylic acids is 1. The first-order valence-corrected chi connectivity index (χ1v) is 8.25. The predicted molar refractivity (Wildman–Crippen MR) is 97.7 cm³/mol. The standard InChI is InChI=1S/C18H14Cl2N2O3/c1-2-24-15-5-3-4-10-6-14(17(21)25-16(10)15)18(23)22-13-8-11(19)7-12(20)9-13/h3-9,21H,2H2,1H3,(H,22,23). The SMILES string of the molecule is CCOc1cccc2cc(C(=O)Nc3cc(Cl)cc(Cl)c3)c(=N)oc12. The van der Waals surface area contributed by atoms with Gasteiger partial charge in [-0.3, -0.25) is 10.2 Å². The molecule has 0 unspecified atom stereocenters. The molecule has 0 spiro atoms. The summed E-state index contributed by atoms with van der Waals surface area (Å²) in [4.78, 5) is 12.5. The van der Waals surface area contributed by atoms with Gasteiger partial charge < -0.3 is 14.5 Å². The second-order valence-corrected chi connectivity index (χ2v) is 6.08. The molecule has 1 amide bonds. The van der Waals surface area contributed by atoms with Gasteiger partial charge in [0.25, 0.3) is 5.91 Å². The number of benzene rings is 2. The van der Waals surface area contributed by atoms with Crippen molar-refractivity contribution in [2.45, 2.75) is 6.92 Å². The number of para-hydroxylation sites is 1. The minimum absolute atomic E-state index is 0.0947. The molecule has 0 atom stereocenters. The van der Waals surface area contributed by atoms with E-state index in [1.807, 2.05) is 6.92 Å². The molecule has 0 fully saturated rings. The third-order valence-corrected chi connectivity index (χ3v) is 3.86. The van der Waals surface area contributed by atoms with Crippen LogP contribution in [0.25, 0.3) is 11.0 Å². The van der Waals surface area contributed by atoms with Crippen LogP contribution in [-0.2, 0) is 0 Å². The van der Waals surface area contributed by atoms with E-state index in [0.717, 1.165) is 0 Å². The molecule has 2 aromatic carbocycles. The molecule has 5 nitrogen and oxygen atoms in total. The first-order chi connectivity index (χ1) is 12.0. The number of nitrogens with one attached hydrogen (secondary N) is 2. The number of halogens is 2. The first kappa shape index (κ1) is 17.3. The van der Waals surface area contributed by atoms with Crippen LogP contribution in [0.3, 0.4) is 0 Å². The van der Waals surface area contributed by atoms with Gasteiger partial charge in [-0.2, -0.15) is 0 Å². The smallest absolute Gasteiger partial charge is 0.261 e. The van der Waals surface area contributed by atoms with Crippen LogP contribution in [0.2, 0.25) is 10.0 Å². The topological polar surface area (TPSA) is 75.3 Å². The molecule has 0 saturated carbocycles. The highest BCUT2D eigenvalue weighted by molar-refractivity contribution is 6.35. The van der Waals surface area contributed by atoms with E-state index in [0.29, 0.717) is 39.1 Å². The van der Waals surface area contributed by atoms with Gasteiger partial charge in [-0.25, -0.2) is 0 Å². The number of carbonyl (C=O) groups is 1. The third kappa shape index (κ3) is 3.78. The molecular weight excluding hydrogens is 363 g/mol. The summed E-state index contributed by atoms with van der Waals surface area (Å²) in [6.45, 7) is 2.33. The van der Waals surface area contributed by atoms with Crippen molar-refractivity contribution >= 4 is 45.8 Å². The molecule has 0 saturated heterocycles. The van der Waals surface area contributed by atoms with Gasteiger partial charge in [-0.15, -0.1) is 0 Å². The molecule has 3 aromatic rings. The maximum Gasteiger partial charge on any atom is 0.261 e. The summed E-state index contributed by atoms with van der Waals surface area (Å²) in [6.07, 6.45) is 0. The Kier molecular flexibility index (Phi) is 4.97. The molecule has 2 N–H and O–H groups in total. The normalized spacial score (nSPS) is 10.7. The van der Waals surface area contributed by atoms with E-state index >= 15 is 0 Å². The van der Waals surface area contributed by atoms with Crippen molar-refractivity contribution in [3.05, 3.63) is 63.6 Å². The Morgan fingerprint density at radius 3 is 2.60 bits per heavy atom. The van der Waals surface area contributed by atoms with Gasteiger partial charge in [0.2, 0.25) is 5.55 Å². The average Bonchev–Trinajstić information content (AvgIpc) is 2.54. The fourth-order valence-corrected chi connectivity index (χ4v) is 2.92. The third-order valence-electron chi connectivity index (χ3n) is 3.42. The lowest BCUT2D eigenvalue weighted by atomic mass is 10.1. The number of rotatable bonds is 4. The van der Waals surface area contributed by atoms with Crippen molar-refractivity contribution in [1.82, 2.24) is 0 Å². The maximum atomic E-state index is 12.5. The monoisotopic (exact) mass is 376 g/mol. The lowest BCUT2D eigenvalue weighted by Crippen LogP contribution is -2.20. The Labute approximate surface area is 153 Å². The number of ether oxygens (including phenoxy) is 1. The zero-order chi connectivity index (χ0) is 18.0. The summed E-state index contributed by atoms with van der Waals surface area (Å²) in [5.41, 5.74) is 0.698. The van der Waals surface area contributed by atoms with Crippen LogP contribution in [0.15, 0.2) is 46.9 Å². The van der Waals surface area contributed by atoms with Crippen molar-refractivity contribution in [3.63, 3.8) is 0 Å². The van der Waals surface area contributed by atoms with Gasteiger partial charge in [0.15, 0.2) is 11.3 Å². The van der Waals surface area contributed by atoms with Crippen molar-refractivity contribution in [2.75, 3.05) is 11.9 Å².